The number of nitriles is 1. The third-order valence-corrected chi connectivity index (χ3v) is 7.15. The van der Waals surface area contributed by atoms with Gasteiger partial charge in [0.05, 0.1) is 38.1 Å². The molecule has 3 aromatic rings. The summed E-state index contributed by atoms with van der Waals surface area (Å²) in [4.78, 5) is 28.4. The summed E-state index contributed by atoms with van der Waals surface area (Å²) in [5, 5.41) is 22.3. The van der Waals surface area contributed by atoms with E-state index in [0.717, 1.165) is 23.7 Å². The van der Waals surface area contributed by atoms with Gasteiger partial charge >= 0.3 is 5.92 Å². The van der Waals surface area contributed by atoms with Crippen LogP contribution in [0.1, 0.15) is 18.9 Å². The average molecular weight is 596 g/mol. The van der Waals surface area contributed by atoms with Gasteiger partial charge in [0.1, 0.15) is 29.4 Å². The molecule has 12 nitrogen and oxygen atoms in total. The molecule has 1 amide bonds. The molecule has 2 aromatic heterocycles. The van der Waals surface area contributed by atoms with Crippen molar-refractivity contribution in [2.24, 2.45) is 0 Å². The summed E-state index contributed by atoms with van der Waals surface area (Å²) < 4.78 is 46.3. The number of pyridine rings is 1. The van der Waals surface area contributed by atoms with Crippen LogP contribution in [-0.2, 0) is 9.53 Å². The zero-order chi connectivity index (χ0) is 30.6. The number of alkyl halides is 2. The number of anilines is 3. The van der Waals surface area contributed by atoms with Gasteiger partial charge in [0.25, 0.3) is 5.91 Å². The molecule has 0 bridgehead atoms. The molecule has 226 valence electrons. The van der Waals surface area contributed by atoms with E-state index in [9.17, 15) is 23.9 Å². The largest absolute Gasteiger partial charge is 0.483 e. The fourth-order valence-corrected chi connectivity index (χ4v) is 4.94. The van der Waals surface area contributed by atoms with Crippen molar-refractivity contribution in [2.45, 2.75) is 31.5 Å². The van der Waals surface area contributed by atoms with Gasteiger partial charge in [0, 0.05) is 37.8 Å². The van der Waals surface area contributed by atoms with Gasteiger partial charge < -0.3 is 34.4 Å². The summed E-state index contributed by atoms with van der Waals surface area (Å²) in [6, 6.07) is 11.9. The molecule has 2 unspecified atom stereocenters. The Labute approximate surface area is 246 Å². The number of ether oxygens (including phenoxy) is 3. The van der Waals surface area contributed by atoms with Crippen LogP contribution in [-0.4, -0.2) is 95.5 Å². The molecule has 43 heavy (non-hydrogen) atoms. The predicted octanol–water partition coefficient (Wildman–Crippen LogP) is 2.99. The summed E-state index contributed by atoms with van der Waals surface area (Å²) in [6.07, 6.45) is -1.53. The van der Waals surface area contributed by atoms with Crippen LogP contribution in [0.5, 0.6) is 11.6 Å². The Morgan fingerprint density at radius 2 is 2.00 bits per heavy atom. The molecule has 4 heterocycles. The van der Waals surface area contributed by atoms with Crippen molar-refractivity contribution in [3.05, 3.63) is 48.2 Å². The maximum Gasteiger partial charge on any atom is 0.301 e. The number of amides is 1. The van der Waals surface area contributed by atoms with Crippen LogP contribution in [0, 0.1) is 11.3 Å². The Hall–Kier alpha value is -4.61. The quantitative estimate of drug-likeness (QED) is 0.396. The van der Waals surface area contributed by atoms with Crippen molar-refractivity contribution in [1.29, 1.82) is 5.26 Å². The molecule has 1 aromatic carbocycles. The van der Waals surface area contributed by atoms with Gasteiger partial charge in [-0.15, -0.1) is 0 Å². The fourth-order valence-electron chi connectivity index (χ4n) is 4.94. The maximum absolute atomic E-state index is 14.9. The van der Waals surface area contributed by atoms with Crippen molar-refractivity contribution in [3.8, 4) is 29.0 Å². The molecule has 14 heteroatoms. The molecule has 2 saturated heterocycles. The molecular weight excluding hydrogens is 564 g/mol. The van der Waals surface area contributed by atoms with Crippen molar-refractivity contribution >= 4 is 23.4 Å². The van der Waals surface area contributed by atoms with Gasteiger partial charge in [-0.1, -0.05) is 0 Å². The highest BCUT2D eigenvalue weighted by Gasteiger charge is 2.48. The van der Waals surface area contributed by atoms with Crippen LogP contribution in [0.25, 0.3) is 11.3 Å². The molecule has 2 aliphatic rings. The third kappa shape index (κ3) is 6.73. The Morgan fingerprint density at radius 1 is 1.21 bits per heavy atom. The third-order valence-electron chi connectivity index (χ3n) is 7.15. The first-order chi connectivity index (χ1) is 20.7. The minimum Gasteiger partial charge on any atom is -0.483 e. The van der Waals surface area contributed by atoms with Crippen molar-refractivity contribution in [2.75, 3.05) is 56.7 Å². The first kappa shape index (κ1) is 29.9. The second-order valence-corrected chi connectivity index (χ2v) is 10.1. The normalized spacial score (nSPS) is 18.8. The van der Waals surface area contributed by atoms with Crippen LogP contribution >= 0.6 is 0 Å². The van der Waals surface area contributed by atoms with Crippen LogP contribution in [0.2, 0.25) is 0 Å². The zero-order valence-electron chi connectivity index (χ0n) is 23.7. The van der Waals surface area contributed by atoms with E-state index in [4.69, 9.17) is 14.2 Å². The summed E-state index contributed by atoms with van der Waals surface area (Å²) in [7, 11) is 1.55. The number of nitrogens with zero attached hydrogens (tertiary/aromatic N) is 6. The Kier molecular flexibility index (Phi) is 8.84. The second-order valence-electron chi connectivity index (χ2n) is 10.1. The van der Waals surface area contributed by atoms with Crippen molar-refractivity contribution in [1.82, 2.24) is 19.9 Å². The molecule has 2 fully saturated rings. The summed E-state index contributed by atoms with van der Waals surface area (Å²) in [6.45, 7) is 3.07. The standard InChI is InChI=1S/C29H31F2N7O5/c1-18(39)27(40)38-10-8-24(29(30,31)17-38)43-23-5-3-19(15-20(23)16-32)21-7-9-33-28(34-21)36-25-6-4-22(26(35-25)41-2)37-11-13-42-14-12-37/h3-7,9,15,18,24,39H,8,10-14,17H2,1-2H3,(H,33,34,35,36). The molecule has 0 saturated carbocycles. The topological polar surface area (TPSA) is 146 Å². The Bertz CT molecular complexity index is 1510. The minimum absolute atomic E-state index is 0.00263. The van der Waals surface area contributed by atoms with E-state index in [-0.39, 0.29) is 30.2 Å². The monoisotopic (exact) mass is 595 g/mol. The zero-order valence-corrected chi connectivity index (χ0v) is 23.7. The Morgan fingerprint density at radius 3 is 2.70 bits per heavy atom. The van der Waals surface area contributed by atoms with Crippen LogP contribution in [0.4, 0.5) is 26.2 Å². The number of halogens is 2. The van der Waals surface area contributed by atoms with E-state index in [0.29, 0.717) is 36.2 Å². The van der Waals surface area contributed by atoms with Gasteiger partial charge in [-0.3, -0.25) is 4.79 Å². The number of rotatable bonds is 8. The van der Waals surface area contributed by atoms with E-state index < -0.39 is 30.6 Å². The number of likely N-dealkylation sites (tertiary alicyclic amines) is 1. The molecule has 2 N–H and O–H groups in total. The number of hydrogen-bond acceptors (Lipinski definition) is 11. The van der Waals surface area contributed by atoms with Gasteiger partial charge in [0.2, 0.25) is 11.8 Å². The molecule has 2 aliphatic heterocycles. The first-order valence-electron chi connectivity index (χ1n) is 13.7. The smallest absolute Gasteiger partial charge is 0.301 e. The lowest BCUT2D eigenvalue weighted by Gasteiger charge is -2.38. The maximum atomic E-state index is 14.9. The second kappa shape index (κ2) is 12.7. The number of piperidine rings is 1. The predicted molar refractivity (Wildman–Crippen MR) is 152 cm³/mol. The molecule has 0 spiro atoms. The van der Waals surface area contributed by atoms with Gasteiger partial charge in [-0.2, -0.15) is 10.2 Å². The summed E-state index contributed by atoms with van der Waals surface area (Å²) >= 11 is 0. The van der Waals surface area contributed by atoms with Crippen molar-refractivity contribution < 1.29 is 32.9 Å². The number of aromatic nitrogens is 3. The van der Waals surface area contributed by atoms with Crippen molar-refractivity contribution in [3.63, 3.8) is 0 Å². The van der Waals surface area contributed by atoms with E-state index in [1.165, 1.54) is 19.1 Å². The van der Waals surface area contributed by atoms with Gasteiger partial charge in [0.15, 0.2) is 6.10 Å². The molecule has 0 aliphatic carbocycles. The SMILES string of the molecule is COc1nc(Nc2nccc(-c3ccc(OC4CCN(C(=O)C(C)O)CC4(F)F)c(C#N)c3)n2)ccc1N1CCOCC1. The van der Waals surface area contributed by atoms with Gasteiger partial charge in [-0.05, 0) is 43.3 Å². The highest BCUT2D eigenvalue weighted by molar-refractivity contribution is 5.80. The Balaban J connectivity index is 1.30. The number of morpholine rings is 1. The number of carbonyl (C=O) groups excluding carboxylic acids is 1. The number of benzene rings is 1. The number of carbonyl (C=O) groups is 1. The number of aliphatic hydroxyl groups excluding tert-OH is 1. The lowest BCUT2D eigenvalue weighted by Crippen LogP contribution is -2.56. The van der Waals surface area contributed by atoms with Gasteiger partial charge in [-0.25, -0.2) is 18.7 Å². The van der Waals surface area contributed by atoms with Crippen LogP contribution < -0.4 is 19.7 Å². The van der Waals surface area contributed by atoms with E-state index in [1.54, 1.807) is 31.5 Å². The van der Waals surface area contributed by atoms with E-state index >= 15 is 0 Å². The molecule has 2 atom stereocenters. The number of hydrogen-bond donors (Lipinski definition) is 2. The highest BCUT2D eigenvalue weighted by Crippen LogP contribution is 2.34. The lowest BCUT2D eigenvalue weighted by molar-refractivity contribution is -0.165. The minimum atomic E-state index is -3.38. The molecule has 5 rings (SSSR count). The van der Waals surface area contributed by atoms with Crippen LogP contribution in [0.15, 0.2) is 42.6 Å². The first-order valence-corrected chi connectivity index (χ1v) is 13.7. The number of aliphatic hydroxyl groups is 1. The summed E-state index contributed by atoms with van der Waals surface area (Å²) in [5.74, 6) is -2.98. The average Bonchev–Trinajstić information content (AvgIpc) is 3.02. The van der Waals surface area contributed by atoms with E-state index in [2.05, 4.69) is 25.2 Å². The molecule has 0 radical (unpaired) electrons. The van der Waals surface area contributed by atoms with E-state index in [1.807, 2.05) is 12.1 Å². The molecular formula is C29H31F2N7O5. The fraction of sp³-hybridized carbons (Fsp3) is 0.414. The highest BCUT2D eigenvalue weighted by atomic mass is 19.3. The summed E-state index contributed by atoms with van der Waals surface area (Å²) in [5.41, 5.74) is 1.93. The van der Waals surface area contributed by atoms with Crippen LogP contribution in [0.3, 0.4) is 0 Å². The lowest BCUT2D eigenvalue weighted by atomic mass is 10.0. The number of nitrogens with one attached hydrogen (secondary N) is 1. The number of methoxy groups -OCH3 is 1.